The van der Waals surface area contributed by atoms with Gasteiger partial charge in [-0.25, -0.2) is 0 Å². The zero-order valence-corrected chi connectivity index (χ0v) is 13.8. The summed E-state index contributed by atoms with van der Waals surface area (Å²) in [6.45, 7) is 5.87. The molecule has 118 valence electrons. The van der Waals surface area contributed by atoms with Crippen molar-refractivity contribution in [1.29, 1.82) is 0 Å². The third-order valence-electron chi connectivity index (χ3n) is 4.41. The van der Waals surface area contributed by atoms with Crippen molar-refractivity contribution in [2.45, 2.75) is 19.4 Å². The Balaban J connectivity index is 0.00000176. The van der Waals surface area contributed by atoms with E-state index in [2.05, 4.69) is 59.3 Å². The van der Waals surface area contributed by atoms with E-state index in [0.29, 0.717) is 11.8 Å². The summed E-state index contributed by atoms with van der Waals surface area (Å²) < 4.78 is 0. The highest BCUT2D eigenvalue weighted by atomic mass is 35.5. The molecule has 2 N–H and O–H groups in total. The second kappa shape index (κ2) is 7.73. The zero-order chi connectivity index (χ0) is 14.7. The highest BCUT2D eigenvalue weighted by Crippen LogP contribution is 2.32. The van der Waals surface area contributed by atoms with Gasteiger partial charge in [0.25, 0.3) is 0 Å². The molecule has 0 unspecified atom stereocenters. The first-order valence-corrected chi connectivity index (χ1v) is 7.65. The summed E-state index contributed by atoms with van der Waals surface area (Å²) in [4.78, 5) is 7.00. The molecule has 2 aromatic rings. The summed E-state index contributed by atoms with van der Waals surface area (Å²) in [6, 6.07) is 15.0. The van der Waals surface area contributed by atoms with Gasteiger partial charge >= 0.3 is 0 Å². The van der Waals surface area contributed by atoms with Crippen molar-refractivity contribution < 1.29 is 0 Å². The van der Waals surface area contributed by atoms with Gasteiger partial charge < -0.3 is 5.73 Å². The normalized spacial score (nSPS) is 21.5. The molecule has 2 heterocycles. The molecule has 0 radical (unpaired) electrons. The van der Waals surface area contributed by atoms with Crippen molar-refractivity contribution in [1.82, 2.24) is 9.88 Å². The minimum absolute atomic E-state index is 0. The van der Waals surface area contributed by atoms with Crippen LogP contribution in [0.15, 0.2) is 48.7 Å². The lowest BCUT2D eigenvalue weighted by molar-refractivity contribution is 0.313. The molecule has 1 saturated heterocycles. The lowest BCUT2D eigenvalue weighted by Gasteiger charge is -2.16. The number of nitrogens with zero attached hydrogens (tertiary/aromatic N) is 2. The van der Waals surface area contributed by atoms with Crippen LogP contribution in [0.1, 0.15) is 22.7 Å². The largest absolute Gasteiger partial charge is 0.330 e. The van der Waals surface area contributed by atoms with E-state index in [9.17, 15) is 0 Å². The molecule has 3 rings (SSSR count). The minimum Gasteiger partial charge on any atom is -0.330 e. The van der Waals surface area contributed by atoms with E-state index in [1.807, 2.05) is 6.20 Å². The number of hydrogen-bond donors (Lipinski definition) is 1. The van der Waals surface area contributed by atoms with Crippen LogP contribution >= 0.6 is 12.4 Å². The second-order valence-corrected chi connectivity index (χ2v) is 6.03. The number of likely N-dealkylation sites (tertiary alicyclic amines) is 1. The van der Waals surface area contributed by atoms with Crippen LogP contribution < -0.4 is 5.73 Å². The van der Waals surface area contributed by atoms with Gasteiger partial charge in [-0.05, 0) is 36.6 Å². The SMILES string of the molecule is Cc1ccc(CN2C[C@@H](CN)[C@H](c3ccccc3)C2)nc1.Cl. The summed E-state index contributed by atoms with van der Waals surface area (Å²) in [5.74, 6) is 1.08. The Morgan fingerprint density at radius 1 is 1.14 bits per heavy atom. The number of rotatable bonds is 4. The average molecular weight is 318 g/mol. The van der Waals surface area contributed by atoms with Gasteiger partial charge in [-0.2, -0.15) is 0 Å². The number of pyridine rings is 1. The first kappa shape index (κ1) is 16.9. The Morgan fingerprint density at radius 2 is 1.91 bits per heavy atom. The van der Waals surface area contributed by atoms with Crippen molar-refractivity contribution in [3.8, 4) is 0 Å². The molecular weight excluding hydrogens is 294 g/mol. The van der Waals surface area contributed by atoms with Gasteiger partial charge in [0.1, 0.15) is 0 Å². The molecule has 0 saturated carbocycles. The van der Waals surface area contributed by atoms with E-state index in [1.54, 1.807) is 0 Å². The maximum atomic E-state index is 5.99. The monoisotopic (exact) mass is 317 g/mol. The van der Waals surface area contributed by atoms with E-state index in [0.717, 1.165) is 31.9 Å². The molecule has 1 aromatic carbocycles. The molecule has 1 aliphatic rings. The summed E-state index contributed by atoms with van der Waals surface area (Å²) in [6.07, 6.45) is 1.94. The van der Waals surface area contributed by atoms with Gasteiger partial charge in [-0.3, -0.25) is 9.88 Å². The van der Waals surface area contributed by atoms with E-state index >= 15 is 0 Å². The Hall–Kier alpha value is -1.42. The summed E-state index contributed by atoms with van der Waals surface area (Å²) in [7, 11) is 0. The molecule has 1 aromatic heterocycles. The van der Waals surface area contributed by atoms with Gasteiger partial charge in [-0.1, -0.05) is 36.4 Å². The Morgan fingerprint density at radius 3 is 2.55 bits per heavy atom. The molecule has 3 nitrogen and oxygen atoms in total. The van der Waals surface area contributed by atoms with Gasteiger partial charge in [0, 0.05) is 31.7 Å². The number of aromatic nitrogens is 1. The van der Waals surface area contributed by atoms with Crippen molar-refractivity contribution >= 4 is 12.4 Å². The first-order chi connectivity index (χ1) is 10.3. The van der Waals surface area contributed by atoms with Crippen molar-refractivity contribution in [2.75, 3.05) is 19.6 Å². The number of aryl methyl sites for hydroxylation is 1. The molecule has 0 aliphatic carbocycles. The van der Waals surface area contributed by atoms with Crippen molar-refractivity contribution in [3.05, 3.63) is 65.5 Å². The van der Waals surface area contributed by atoms with Crippen LogP contribution in [-0.4, -0.2) is 29.5 Å². The molecule has 0 amide bonds. The Bertz CT molecular complexity index is 571. The Kier molecular flexibility index (Phi) is 5.95. The molecule has 1 fully saturated rings. The van der Waals surface area contributed by atoms with Gasteiger partial charge in [0.05, 0.1) is 5.69 Å². The van der Waals surface area contributed by atoms with E-state index in [-0.39, 0.29) is 12.4 Å². The molecule has 4 heteroatoms. The lowest BCUT2D eigenvalue weighted by atomic mass is 9.89. The summed E-state index contributed by atoms with van der Waals surface area (Å²) in [5, 5.41) is 0. The van der Waals surface area contributed by atoms with Crippen molar-refractivity contribution in [3.63, 3.8) is 0 Å². The second-order valence-electron chi connectivity index (χ2n) is 6.03. The quantitative estimate of drug-likeness (QED) is 0.942. The predicted molar refractivity (Wildman–Crippen MR) is 93.2 cm³/mol. The topological polar surface area (TPSA) is 42.1 Å². The highest BCUT2D eigenvalue weighted by molar-refractivity contribution is 5.85. The van der Waals surface area contributed by atoms with Crippen LogP contribution in [0.4, 0.5) is 0 Å². The molecule has 1 aliphatic heterocycles. The predicted octanol–water partition coefficient (Wildman–Crippen LogP) is 2.99. The summed E-state index contributed by atoms with van der Waals surface area (Å²) >= 11 is 0. The van der Waals surface area contributed by atoms with Crippen LogP contribution in [0.2, 0.25) is 0 Å². The van der Waals surface area contributed by atoms with Crippen LogP contribution in [0, 0.1) is 12.8 Å². The molecule has 22 heavy (non-hydrogen) atoms. The fourth-order valence-corrected chi connectivity index (χ4v) is 3.23. The maximum absolute atomic E-state index is 5.99. The third-order valence-corrected chi connectivity index (χ3v) is 4.41. The minimum atomic E-state index is 0. The number of benzene rings is 1. The van der Waals surface area contributed by atoms with Gasteiger partial charge in [-0.15, -0.1) is 12.4 Å². The van der Waals surface area contributed by atoms with E-state index in [4.69, 9.17) is 5.73 Å². The molecule has 0 spiro atoms. The molecule has 0 bridgehead atoms. The summed E-state index contributed by atoms with van der Waals surface area (Å²) in [5.41, 5.74) is 9.76. The number of halogens is 1. The van der Waals surface area contributed by atoms with Crippen molar-refractivity contribution in [2.24, 2.45) is 11.7 Å². The standard InChI is InChI=1S/C18H23N3.ClH/c1-14-7-8-17(20-10-14)12-21-11-16(9-19)18(13-21)15-5-3-2-4-6-15;/h2-8,10,16,18H,9,11-13,19H2,1H3;1H/t16-,18+;/m1./s1. The van der Waals surface area contributed by atoms with Crippen LogP contribution in [0.5, 0.6) is 0 Å². The highest BCUT2D eigenvalue weighted by Gasteiger charge is 2.32. The van der Waals surface area contributed by atoms with Crippen LogP contribution in [-0.2, 0) is 6.54 Å². The average Bonchev–Trinajstić information content (AvgIpc) is 2.93. The van der Waals surface area contributed by atoms with Gasteiger partial charge in [0.15, 0.2) is 0 Å². The third kappa shape index (κ3) is 3.86. The first-order valence-electron chi connectivity index (χ1n) is 7.65. The van der Waals surface area contributed by atoms with Gasteiger partial charge in [0.2, 0.25) is 0 Å². The fourth-order valence-electron chi connectivity index (χ4n) is 3.23. The van der Waals surface area contributed by atoms with Crippen LogP contribution in [0.3, 0.4) is 0 Å². The van der Waals surface area contributed by atoms with Crippen LogP contribution in [0.25, 0.3) is 0 Å². The number of nitrogens with two attached hydrogens (primary N) is 1. The lowest BCUT2D eigenvalue weighted by Crippen LogP contribution is -2.23. The molecular formula is C18H24ClN3. The molecule has 2 atom stereocenters. The Labute approximate surface area is 139 Å². The smallest absolute Gasteiger partial charge is 0.0544 e. The maximum Gasteiger partial charge on any atom is 0.0544 e. The fraction of sp³-hybridized carbons (Fsp3) is 0.389. The van der Waals surface area contributed by atoms with E-state index < -0.39 is 0 Å². The van der Waals surface area contributed by atoms with E-state index in [1.165, 1.54) is 11.1 Å². The zero-order valence-electron chi connectivity index (χ0n) is 13.0. The number of hydrogen-bond acceptors (Lipinski definition) is 3.